The first-order chi connectivity index (χ1) is 10.7. The average molecular weight is 313 g/mol. The molecule has 0 saturated carbocycles. The molecule has 114 valence electrons. The molecule has 0 aromatic heterocycles. The third kappa shape index (κ3) is 2.53. The maximum absolute atomic E-state index is 13.0. The summed E-state index contributed by atoms with van der Waals surface area (Å²) in [4.78, 5) is 13.0. The van der Waals surface area contributed by atoms with Crippen LogP contribution in [0.5, 0.6) is 5.75 Å². The lowest BCUT2D eigenvalue weighted by Crippen LogP contribution is -2.52. The Balaban J connectivity index is 2.08. The van der Waals surface area contributed by atoms with Gasteiger partial charge in [-0.1, -0.05) is 48.5 Å². The lowest BCUT2D eigenvalue weighted by atomic mass is 9.79. The highest BCUT2D eigenvalue weighted by atomic mass is 32.1. The first-order valence-corrected chi connectivity index (χ1v) is 8.04. The molecule has 4 heteroatoms. The molecule has 2 atom stereocenters. The monoisotopic (exact) mass is 313 g/mol. The van der Waals surface area contributed by atoms with Crippen molar-refractivity contribution < 1.29 is 9.53 Å². The van der Waals surface area contributed by atoms with Crippen LogP contribution < -0.4 is 10.5 Å². The fourth-order valence-electron chi connectivity index (χ4n) is 2.97. The molecule has 3 nitrogen and oxygen atoms in total. The summed E-state index contributed by atoms with van der Waals surface area (Å²) in [5, 5.41) is 0. The lowest BCUT2D eigenvalue weighted by molar-refractivity contribution is -0.138. The number of carbonyl (C=O) groups is 1. The summed E-state index contributed by atoms with van der Waals surface area (Å²) < 4.78 is 6.23. The number of ketones is 1. The number of hydrogen-bond acceptors (Lipinski definition) is 4. The van der Waals surface area contributed by atoms with Crippen molar-refractivity contribution in [3.63, 3.8) is 0 Å². The molecule has 0 fully saturated rings. The number of Topliss-reactive ketones (excluding diaryl/α,β-unsaturated/α-hetero) is 1. The minimum absolute atomic E-state index is 0.108. The smallest absolute Gasteiger partial charge is 0.198 e. The molecule has 0 saturated heterocycles. The lowest BCUT2D eigenvalue weighted by Gasteiger charge is -2.39. The highest BCUT2D eigenvalue weighted by Gasteiger charge is 2.46. The fraction of sp³-hybridized carbons (Fsp3) is 0.278. The van der Waals surface area contributed by atoms with Gasteiger partial charge in [-0.05, 0) is 18.1 Å². The highest BCUT2D eigenvalue weighted by molar-refractivity contribution is 7.80. The second kappa shape index (κ2) is 6.15. The Morgan fingerprint density at radius 2 is 1.86 bits per heavy atom. The van der Waals surface area contributed by atoms with Crippen LogP contribution in [-0.4, -0.2) is 17.6 Å². The first-order valence-electron chi connectivity index (χ1n) is 7.40. The summed E-state index contributed by atoms with van der Waals surface area (Å²) >= 11 is 4.18. The average Bonchev–Trinajstić information content (AvgIpc) is 2.60. The van der Waals surface area contributed by atoms with Crippen molar-refractivity contribution in [2.24, 2.45) is 5.73 Å². The maximum Gasteiger partial charge on any atom is 0.198 e. The van der Waals surface area contributed by atoms with Gasteiger partial charge in [0.25, 0.3) is 0 Å². The van der Waals surface area contributed by atoms with E-state index in [0.29, 0.717) is 12.2 Å². The Hall–Kier alpha value is -1.78. The van der Waals surface area contributed by atoms with E-state index in [0.717, 1.165) is 23.3 Å². The van der Waals surface area contributed by atoms with E-state index in [1.807, 2.05) is 54.6 Å². The molecule has 1 aliphatic rings. The SMILES string of the molecule is N[C@@H](CS)C(=O)C1(c2ccccc2)CCc2ccccc2O1. The van der Waals surface area contributed by atoms with Crippen LogP contribution in [0.3, 0.4) is 0 Å². The molecule has 0 bridgehead atoms. The van der Waals surface area contributed by atoms with E-state index < -0.39 is 11.6 Å². The van der Waals surface area contributed by atoms with E-state index in [4.69, 9.17) is 10.5 Å². The van der Waals surface area contributed by atoms with E-state index in [2.05, 4.69) is 12.6 Å². The molecule has 0 spiro atoms. The molecule has 3 rings (SSSR count). The Morgan fingerprint density at radius 1 is 1.18 bits per heavy atom. The van der Waals surface area contributed by atoms with Crippen LogP contribution in [0.4, 0.5) is 0 Å². The van der Waals surface area contributed by atoms with E-state index in [9.17, 15) is 4.79 Å². The Bertz CT molecular complexity index is 674. The molecule has 0 radical (unpaired) electrons. The topological polar surface area (TPSA) is 52.3 Å². The minimum atomic E-state index is -1.02. The Morgan fingerprint density at radius 3 is 2.59 bits per heavy atom. The molecule has 2 aromatic carbocycles. The summed E-state index contributed by atoms with van der Waals surface area (Å²) in [5.74, 6) is 0.957. The van der Waals surface area contributed by atoms with Crippen molar-refractivity contribution in [1.82, 2.24) is 0 Å². The zero-order valence-electron chi connectivity index (χ0n) is 12.2. The van der Waals surface area contributed by atoms with E-state index in [-0.39, 0.29) is 5.78 Å². The summed E-state index contributed by atoms with van der Waals surface area (Å²) in [6, 6.07) is 16.8. The van der Waals surface area contributed by atoms with Gasteiger partial charge in [0.1, 0.15) is 5.75 Å². The van der Waals surface area contributed by atoms with Crippen LogP contribution >= 0.6 is 12.6 Å². The van der Waals surface area contributed by atoms with Gasteiger partial charge in [-0.15, -0.1) is 0 Å². The second-order valence-corrected chi connectivity index (χ2v) is 5.92. The number of aryl methyl sites for hydroxylation is 1. The van der Waals surface area contributed by atoms with Crippen LogP contribution in [0.2, 0.25) is 0 Å². The molecular weight excluding hydrogens is 294 g/mol. The van der Waals surface area contributed by atoms with Crippen molar-refractivity contribution in [2.45, 2.75) is 24.5 Å². The van der Waals surface area contributed by atoms with Crippen LogP contribution in [0.25, 0.3) is 0 Å². The molecule has 2 N–H and O–H groups in total. The van der Waals surface area contributed by atoms with Crippen LogP contribution in [0, 0.1) is 0 Å². The summed E-state index contributed by atoms with van der Waals surface area (Å²) in [5.41, 5.74) is 6.95. The van der Waals surface area contributed by atoms with Gasteiger partial charge >= 0.3 is 0 Å². The van der Waals surface area contributed by atoms with Gasteiger partial charge in [0.05, 0.1) is 6.04 Å². The van der Waals surface area contributed by atoms with Crippen molar-refractivity contribution in [3.8, 4) is 5.75 Å². The van der Waals surface area contributed by atoms with Crippen molar-refractivity contribution in [1.29, 1.82) is 0 Å². The van der Waals surface area contributed by atoms with Gasteiger partial charge in [-0.2, -0.15) is 12.6 Å². The molecule has 1 unspecified atom stereocenters. The van der Waals surface area contributed by atoms with Crippen molar-refractivity contribution >= 4 is 18.4 Å². The number of hydrogen-bond donors (Lipinski definition) is 2. The summed E-state index contributed by atoms with van der Waals surface area (Å²) in [6.07, 6.45) is 1.38. The number of para-hydroxylation sites is 1. The van der Waals surface area contributed by atoms with Gasteiger partial charge in [0.15, 0.2) is 11.4 Å². The number of nitrogens with two attached hydrogens (primary N) is 1. The van der Waals surface area contributed by atoms with Gasteiger partial charge in [0, 0.05) is 17.7 Å². The maximum atomic E-state index is 13.0. The van der Waals surface area contributed by atoms with Crippen molar-refractivity contribution in [3.05, 3.63) is 65.7 Å². The summed E-state index contributed by atoms with van der Waals surface area (Å²) in [7, 11) is 0. The predicted molar refractivity (Wildman–Crippen MR) is 90.3 cm³/mol. The highest BCUT2D eigenvalue weighted by Crippen LogP contribution is 2.40. The molecule has 1 aliphatic heterocycles. The van der Waals surface area contributed by atoms with Gasteiger partial charge < -0.3 is 10.5 Å². The Kier molecular flexibility index (Phi) is 4.23. The number of benzene rings is 2. The minimum Gasteiger partial charge on any atom is -0.474 e. The van der Waals surface area contributed by atoms with E-state index in [1.54, 1.807) is 0 Å². The molecule has 2 aromatic rings. The zero-order valence-corrected chi connectivity index (χ0v) is 13.1. The normalized spacial score (nSPS) is 21.5. The van der Waals surface area contributed by atoms with Gasteiger partial charge in [-0.3, -0.25) is 4.79 Å². The number of carbonyl (C=O) groups excluding carboxylic acids is 1. The second-order valence-electron chi connectivity index (χ2n) is 5.56. The fourth-order valence-corrected chi connectivity index (χ4v) is 3.13. The summed E-state index contributed by atoms with van der Waals surface area (Å²) in [6.45, 7) is 0. The van der Waals surface area contributed by atoms with Gasteiger partial charge in [-0.25, -0.2) is 0 Å². The largest absolute Gasteiger partial charge is 0.474 e. The number of rotatable bonds is 4. The number of thiol groups is 1. The molecule has 0 amide bonds. The predicted octanol–water partition coefficient (Wildman–Crippen LogP) is 2.73. The zero-order chi connectivity index (χ0) is 15.6. The molecule has 22 heavy (non-hydrogen) atoms. The van der Waals surface area contributed by atoms with Crippen LogP contribution in [0.15, 0.2) is 54.6 Å². The van der Waals surface area contributed by atoms with E-state index >= 15 is 0 Å². The van der Waals surface area contributed by atoms with Crippen molar-refractivity contribution in [2.75, 3.05) is 5.75 Å². The Labute approximate surface area is 135 Å². The van der Waals surface area contributed by atoms with Crippen LogP contribution in [0.1, 0.15) is 17.5 Å². The number of ether oxygens (including phenoxy) is 1. The first kappa shape index (κ1) is 15.1. The van der Waals surface area contributed by atoms with E-state index in [1.165, 1.54) is 0 Å². The van der Waals surface area contributed by atoms with Crippen LogP contribution in [-0.2, 0) is 16.8 Å². The number of fused-ring (bicyclic) bond motifs is 1. The molecule has 0 aliphatic carbocycles. The standard InChI is InChI=1S/C18H19NO2S/c19-15(12-22)17(20)18(14-7-2-1-3-8-14)11-10-13-6-4-5-9-16(13)21-18/h1-9,15,22H,10-12,19H2/t15-,18?/m0/s1. The quantitative estimate of drug-likeness (QED) is 0.853. The molecule has 1 heterocycles. The molecular formula is C18H19NO2S. The van der Waals surface area contributed by atoms with Gasteiger partial charge in [0.2, 0.25) is 0 Å². The third-order valence-electron chi connectivity index (χ3n) is 4.17. The third-order valence-corrected chi connectivity index (χ3v) is 4.57.